The van der Waals surface area contributed by atoms with Gasteiger partial charge in [-0.25, -0.2) is 4.99 Å². The summed E-state index contributed by atoms with van der Waals surface area (Å²) >= 11 is 0. The van der Waals surface area contributed by atoms with Gasteiger partial charge in [-0.1, -0.05) is 12.1 Å². The summed E-state index contributed by atoms with van der Waals surface area (Å²) in [5, 5.41) is 6.36. The van der Waals surface area contributed by atoms with Crippen molar-refractivity contribution in [1.29, 1.82) is 0 Å². The van der Waals surface area contributed by atoms with Gasteiger partial charge >= 0.3 is 0 Å². The lowest BCUT2D eigenvalue weighted by Crippen LogP contribution is -2.33. The molecule has 7 heteroatoms. The third-order valence-electron chi connectivity index (χ3n) is 4.98. The molecule has 0 saturated carbocycles. The van der Waals surface area contributed by atoms with Gasteiger partial charge < -0.3 is 25.2 Å². The van der Waals surface area contributed by atoms with Crippen molar-refractivity contribution >= 4 is 23.2 Å². The first kappa shape index (κ1) is 20.7. The van der Waals surface area contributed by atoms with Crippen LogP contribution in [0.15, 0.2) is 77.1 Å². The molecule has 2 aliphatic heterocycles. The van der Waals surface area contributed by atoms with Crippen LogP contribution in [-0.2, 0) is 4.74 Å². The lowest BCUT2D eigenvalue weighted by molar-refractivity contribution is 0.102. The molecule has 1 atom stereocenters. The molecule has 0 aliphatic carbocycles. The van der Waals surface area contributed by atoms with E-state index in [0.29, 0.717) is 17.1 Å². The van der Waals surface area contributed by atoms with Crippen LogP contribution in [0.4, 0.5) is 11.4 Å². The fourth-order valence-electron chi connectivity index (χ4n) is 3.44. The molecule has 7 nitrogen and oxygen atoms in total. The summed E-state index contributed by atoms with van der Waals surface area (Å²) in [6.07, 6.45) is 3.75. The number of hydrogen-bond acceptors (Lipinski definition) is 6. The van der Waals surface area contributed by atoms with Crippen LogP contribution in [0.5, 0.6) is 0 Å². The highest BCUT2D eigenvalue weighted by molar-refractivity contribution is 6.05. The Morgan fingerprint density at radius 1 is 1.10 bits per heavy atom. The zero-order chi connectivity index (χ0) is 22.0. The lowest BCUT2D eigenvalue weighted by Gasteiger charge is -2.21. The molecule has 2 N–H and O–H groups in total. The Balaban J connectivity index is 1.47. The van der Waals surface area contributed by atoms with Gasteiger partial charge in [-0.3, -0.25) is 4.79 Å². The smallest absolute Gasteiger partial charge is 0.255 e. The average Bonchev–Trinajstić information content (AvgIpc) is 3.17. The number of carbonyl (C=O) groups is 1. The molecular formula is C24H27N5O2. The molecule has 160 valence electrons. The fourth-order valence-corrected chi connectivity index (χ4v) is 3.44. The van der Waals surface area contributed by atoms with Gasteiger partial charge in [0, 0.05) is 48.8 Å². The minimum absolute atomic E-state index is 0.161. The Morgan fingerprint density at radius 3 is 2.68 bits per heavy atom. The summed E-state index contributed by atoms with van der Waals surface area (Å²) in [6, 6.07) is 15.0. The quantitative estimate of drug-likeness (QED) is 0.756. The highest BCUT2D eigenvalue weighted by Gasteiger charge is 2.28. The van der Waals surface area contributed by atoms with Crippen LogP contribution in [0.2, 0.25) is 0 Å². The number of benzene rings is 2. The molecular weight excluding hydrogens is 390 g/mol. The number of allylic oxidation sites excluding steroid dienone is 2. The molecule has 0 saturated heterocycles. The van der Waals surface area contributed by atoms with Gasteiger partial charge in [0.05, 0.1) is 0 Å². The summed E-state index contributed by atoms with van der Waals surface area (Å²) < 4.78 is 5.96. The van der Waals surface area contributed by atoms with Gasteiger partial charge in [0.15, 0.2) is 11.9 Å². The van der Waals surface area contributed by atoms with Crippen molar-refractivity contribution < 1.29 is 9.53 Å². The molecule has 31 heavy (non-hydrogen) atoms. The van der Waals surface area contributed by atoms with Crippen LogP contribution in [0.3, 0.4) is 0 Å². The molecule has 2 aromatic rings. The fraction of sp³-hybridized carbons (Fsp3) is 0.250. The number of hydrogen-bond donors (Lipinski definition) is 2. The van der Waals surface area contributed by atoms with Crippen LogP contribution >= 0.6 is 0 Å². The van der Waals surface area contributed by atoms with E-state index in [4.69, 9.17) is 4.74 Å². The van der Waals surface area contributed by atoms with Crippen molar-refractivity contribution in [2.24, 2.45) is 4.99 Å². The van der Waals surface area contributed by atoms with Crippen LogP contribution in [0.1, 0.15) is 15.9 Å². The second-order valence-corrected chi connectivity index (χ2v) is 8.06. The number of amides is 1. The molecule has 0 spiro atoms. The second-order valence-electron chi connectivity index (χ2n) is 8.06. The average molecular weight is 418 g/mol. The third-order valence-corrected chi connectivity index (χ3v) is 4.98. The summed E-state index contributed by atoms with van der Waals surface area (Å²) in [6.45, 7) is 0.807. The number of aliphatic imine (C=N–C) groups is 1. The number of ether oxygens (including phenoxy) is 1. The number of rotatable bonds is 6. The molecule has 2 aromatic carbocycles. The minimum atomic E-state index is -0.220. The van der Waals surface area contributed by atoms with Gasteiger partial charge in [0.1, 0.15) is 0 Å². The number of fused-ring (bicyclic) bond motifs is 1. The topological polar surface area (TPSA) is 69.2 Å². The predicted octanol–water partition coefficient (Wildman–Crippen LogP) is 3.04. The highest BCUT2D eigenvalue weighted by atomic mass is 16.5. The zero-order valence-corrected chi connectivity index (χ0v) is 18.2. The van der Waals surface area contributed by atoms with Gasteiger partial charge in [-0.2, -0.15) is 0 Å². The maximum atomic E-state index is 12.7. The van der Waals surface area contributed by atoms with Crippen molar-refractivity contribution in [1.82, 2.24) is 10.2 Å². The first-order valence-corrected chi connectivity index (χ1v) is 10.2. The minimum Gasteiger partial charge on any atom is -0.439 e. The largest absolute Gasteiger partial charge is 0.439 e. The molecule has 4 rings (SSSR count). The Bertz CT molecular complexity index is 1080. The van der Waals surface area contributed by atoms with E-state index in [1.165, 1.54) is 0 Å². The van der Waals surface area contributed by atoms with Crippen molar-refractivity contribution in [2.75, 3.05) is 45.0 Å². The molecule has 1 amide bonds. The Kier molecular flexibility index (Phi) is 5.77. The number of nitrogens with zero attached hydrogens (tertiary/aromatic N) is 3. The van der Waals surface area contributed by atoms with Crippen molar-refractivity contribution in [2.45, 2.75) is 6.17 Å². The summed E-state index contributed by atoms with van der Waals surface area (Å²) in [7, 11) is 7.95. The van der Waals surface area contributed by atoms with Crippen molar-refractivity contribution in [3.63, 3.8) is 0 Å². The standard InChI is InChI=1S/C24H27N5O2/c1-28(2)15-19-11-12-21-22(25-19)27-24(31-21)17-8-5-9-18(13-17)26-23(30)16-7-6-10-20(14-16)29(3)4/h5-14,22,25H,15H2,1-4H3,(H,26,30). The molecule has 2 aliphatic rings. The molecule has 0 fully saturated rings. The molecule has 0 bridgehead atoms. The molecule has 0 aromatic heterocycles. The van der Waals surface area contributed by atoms with E-state index in [9.17, 15) is 4.79 Å². The first-order chi connectivity index (χ1) is 14.9. The summed E-state index contributed by atoms with van der Waals surface area (Å²) in [5.41, 5.74) is 4.17. The lowest BCUT2D eigenvalue weighted by atomic mass is 10.1. The Hall–Kier alpha value is -3.58. The maximum absolute atomic E-state index is 12.7. The Labute approximate surface area is 182 Å². The molecule has 1 unspecified atom stereocenters. The van der Waals surface area contributed by atoms with E-state index >= 15 is 0 Å². The first-order valence-electron chi connectivity index (χ1n) is 10.2. The monoisotopic (exact) mass is 417 g/mol. The van der Waals surface area contributed by atoms with E-state index in [2.05, 4.69) is 20.5 Å². The van der Waals surface area contributed by atoms with Crippen molar-refractivity contribution in [3.05, 3.63) is 83.3 Å². The maximum Gasteiger partial charge on any atom is 0.255 e. The number of anilines is 2. The van der Waals surface area contributed by atoms with Gasteiger partial charge in [-0.05, 0) is 62.6 Å². The number of dihydropyridines is 1. The SMILES string of the molecule is CN(C)CC1=CC=C2OC(c3cccc(NC(=O)c4cccc(N(C)C)c4)c3)=NC2N1. The zero-order valence-electron chi connectivity index (χ0n) is 18.2. The van der Waals surface area contributed by atoms with E-state index in [1.54, 1.807) is 6.07 Å². The predicted molar refractivity (Wildman–Crippen MR) is 124 cm³/mol. The normalized spacial score (nSPS) is 17.1. The van der Waals surface area contributed by atoms with Crippen LogP contribution in [0, 0.1) is 0 Å². The van der Waals surface area contributed by atoms with Gasteiger partial charge in [0.25, 0.3) is 5.91 Å². The number of nitrogens with one attached hydrogen (secondary N) is 2. The van der Waals surface area contributed by atoms with Crippen molar-refractivity contribution in [3.8, 4) is 0 Å². The van der Waals surface area contributed by atoms with E-state index < -0.39 is 0 Å². The van der Waals surface area contributed by atoms with E-state index in [1.807, 2.05) is 87.7 Å². The van der Waals surface area contributed by atoms with Crippen LogP contribution in [-0.4, -0.2) is 57.6 Å². The highest BCUT2D eigenvalue weighted by Crippen LogP contribution is 2.25. The van der Waals surface area contributed by atoms with Crippen LogP contribution < -0.4 is 15.5 Å². The van der Waals surface area contributed by atoms with E-state index in [0.717, 1.165) is 29.3 Å². The number of likely N-dealkylation sites (N-methyl/N-ethyl adjacent to an activating group) is 1. The molecule has 0 radical (unpaired) electrons. The van der Waals surface area contributed by atoms with Gasteiger partial charge in [0.2, 0.25) is 5.90 Å². The summed E-state index contributed by atoms with van der Waals surface area (Å²) in [5.74, 6) is 1.15. The summed E-state index contributed by atoms with van der Waals surface area (Å²) in [4.78, 5) is 21.5. The van der Waals surface area contributed by atoms with E-state index in [-0.39, 0.29) is 12.1 Å². The molecule has 2 heterocycles. The third kappa shape index (κ3) is 4.78. The van der Waals surface area contributed by atoms with Gasteiger partial charge in [-0.15, -0.1) is 0 Å². The number of carbonyl (C=O) groups excluding carboxylic acids is 1. The second kappa shape index (κ2) is 8.65. The van der Waals surface area contributed by atoms with Crippen LogP contribution in [0.25, 0.3) is 0 Å². The Morgan fingerprint density at radius 2 is 1.90 bits per heavy atom.